The molecular weight excluding hydrogens is 359 g/mol. The first-order valence-corrected chi connectivity index (χ1v) is 8.80. The molecule has 0 aliphatic rings. The molecular formula is C15H16F3N3OS2. The lowest BCUT2D eigenvalue weighted by Crippen LogP contribution is -2.27. The molecule has 0 fully saturated rings. The van der Waals surface area contributed by atoms with Crippen LogP contribution in [0.2, 0.25) is 0 Å². The molecule has 9 heteroatoms. The molecule has 1 aromatic carbocycles. The number of aromatic nitrogens is 2. The molecule has 2 aromatic rings. The van der Waals surface area contributed by atoms with Crippen LogP contribution in [0.25, 0.3) is 0 Å². The van der Waals surface area contributed by atoms with Gasteiger partial charge in [-0.15, -0.1) is 10.2 Å². The van der Waals surface area contributed by atoms with E-state index in [0.717, 1.165) is 17.7 Å². The van der Waals surface area contributed by atoms with E-state index >= 15 is 0 Å². The molecule has 130 valence electrons. The van der Waals surface area contributed by atoms with Crippen LogP contribution in [0, 0.1) is 5.41 Å². The van der Waals surface area contributed by atoms with E-state index in [-0.39, 0.29) is 5.91 Å². The van der Waals surface area contributed by atoms with Crippen molar-refractivity contribution in [1.29, 1.82) is 0 Å². The largest absolute Gasteiger partial charge is 0.416 e. The lowest BCUT2D eigenvalue weighted by atomic mass is 9.96. The van der Waals surface area contributed by atoms with E-state index in [9.17, 15) is 18.0 Å². The summed E-state index contributed by atoms with van der Waals surface area (Å²) in [5.41, 5.74) is -0.443. The number of halogens is 3. The quantitative estimate of drug-likeness (QED) is 0.614. The molecule has 0 aliphatic carbocycles. The van der Waals surface area contributed by atoms with Gasteiger partial charge in [0.2, 0.25) is 11.0 Å². The van der Waals surface area contributed by atoms with Crippen LogP contribution in [0.15, 0.2) is 28.6 Å². The van der Waals surface area contributed by atoms with Gasteiger partial charge in [0.15, 0.2) is 4.34 Å². The zero-order chi connectivity index (χ0) is 18.0. The van der Waals surface area contributed by atoms with Gasteiger partial charge in [-0.2, -0.15) is 13.2 Å². The van der Waals surface area contributed by atoms with Crippen molar-refractivity contribution in [2.24, 2.45) is 5.41 Å². The van der Waals surface area contributed by atoms with Crippen LogP contribution in [0.1, 0.15) is 31.9 Å². The molecule has 1 amide bonds. The van der Waals surface area contributed by atoms with Gasteiger partial charge < -0.3 is 5.32 Å². The third-order valence-electron chi connectivity index (χ3n) is 2.95. The second-order valence-electron chi connectivity index (χ2n) is 6.06. The van der Waals surface area contributed by atoms with Gasteiger partial charge in [0.05, 0.1) is 5.56 Å². The van der Waals surface area contributed by atoms with E-state index in [1.165, 1.54) is 35.2 Å². The van der Waals surface area contributed by atoms with Gasteiger partial charge in [0.1, 0.15) is 0 Å². The number of anilines is 1. The predicted octanol–water partition coefficient (Wildman–Crippen LogP) is 4.83. The Kier molecular flexibility index (Phi) is 5.54. The number of carbonyl (C=O) groups excluding carboxylic acids is 1. The van der Waals surface area contributed by atoms with Crippen LogP contribution in [0.3, 0.4) is 0 Å². The van der Waals surface area contributed by atoms with Gasteiger partial charge in [-0.25, -0.2) is 0 Å². The Morgan fingerprint density at radius 3 is 2.33 bits per heavy atom. The van der Waals surface area contributed by atoms with Gasteiger partial charge in [0.25, 0.3) is 0 Å². The van der Waals surface area contributed by atoms with Gasteiger partial charge in [-0.1, -0.05) is 56.0 Å². The molecule has 1 aromatic heterocycles. The summed E-state index contributed by atoms with van der Waals surface area (Å²) in [5.74, 6) is 0.318. The van der Waals surface area contributed by atoms with Crippen LogP contribution in [0.5, 0.6) is 0 Å². The topological polar surface area (TPSA) is 54.9 Å². The lowest BCUT2D eigenvalue weighted by Gasteiger charge is -2.15. The minimum Gasteiger partial charge on any atom is -0.300 e. The van der Waals surface area contributed by atoms with E-state index in [1.54, 1.807) is 20.8 Å². The van der Waals surface area contributed by atoms with Crippen molar-refractivity contribution < 1.29 is 18.0 Å². The van der Waals surface area contributed by atoms with Crippen molar-refractivity contribution in [3.63, 3.8) is 0 Å². The molecule has 0 radical (unpaired) electrons. The van der Waals surface area contributed by atoms with Crippen molar-refractivity contribution in [3.05, 3.63) is 35.4 Å². The maximum absolute atomic E-state index is 12.5. The van der Waals surface area contributed by atoms with Crippen molar-refractivity contribution >= 4 is 34.1 Å². The number of benzene rings is 1. The summed E-state index contributed by atoms with van der Waals surface area (Å²) >= 11 is 2.59. The SMILES string of the molecule is CC(C)(C)C(=O)Nc1nnc(SCc2ccc(C(F)(F)F)cc2)s1. The van der Waals surface area contributed by atoms with E-state index in [4.69, 9.17) is 0 Å². The van der Waals surface area contributed by atoms with Crippen molar-refractivity contribution in [2.45, 2.75) is 37.0 Å². The Labute approximate surface area is 145 Å². The molecule has 0 saturated heterocycles. The average Bonchev–Trinajstić information content (AvgIpc) is 2.91. The summed E-state index contributed by atoms with van der Waals surface area (Å²) < 4.78 is 38.2. The highest BCUT2D eigenvalue weighted by atomic mass is 32.2. The summed E-state index contributed by atoms with van der Waals surface area (Å²) in [6.45, 7) is 5.39. The van der Waals surface area contributed by atoms with Gasteiger partial charge in [-0.05, 0) is 17.7 Å². The third kappa shape index (κ3) is 5.20. The number of hydrogen-bond donors (Lipinski definition) is 1. The van der Waals surface area contributed by atoms with Crippen LogP contribution >= 0.6 is 23.1 Å². The zero-order valence-electron chi connectivity index (χ0n) is 13.3. The van der Waals surface area contributed by atoms with Gasteiger partial charge in [-0.3, -0.25) is 4.79 Å². The fraction of sp³-hybridized carbons (Fsp3) is 0.400. The number of alkyl halides is 3. The van der Waals surface area contributed by atoms with Crippen LogP contribution in [-0.4, -0.2) is 16.1 Å². The highest BCUT2D eigenvalue weighted by Crippen LogP contribution is 2.32. The van der Waals surface area contributed by atoms with E-state index in [0.29, 0.717) is 15.2 Å². The molecule has 0 saturated carbocycles. The summed E-state index contributed by atoms with van der Waals surface area (Å²) in [6, 6.07) is 5.01. The van der Waals surface area contributed by atoms with Crippen molar-refractivity contribution in [1.82, 2.24) is 10.2 Å². The number of thioether (sulfide) groups is 1. The smallest absolute Gasteiger partial charge is 0.300 e. The molecule has 0 bridgehead atoms. The van der Waals surface area contributed by atoms with Crippen LogP contribution < -0.4 is 5.32 Å². The van der Waals surface area contributed by atoms with Gasteiger partial charge in [0, 0.05) is 11.2 Å². The summed E-state index contributed by atoms with van der Waals surface area (Å²) in [7, 11) is 0. The number of hydrogen-bond acceptors (Lipinski definition) is 5. The first-order valence-electron chi connectivity index (χ1n) is 6.99. The Hall–Kier alpha value is -1.61. The van der Waals surface area contributed by atoms with Crippen LogP contribution in [0.4, 0.5) is 18.3 Å². The highest BCUT2D eigenvalue weighted by molar-refractivity contribution is 8.00. The summed E-state index contributed by atoms with van der Waals surface area (Å²) in [5, 5.41) is 11.0. The zero-order valence-corrected chi connectivity index (χ0v) is 14.9. The number of nitrogens with one attached hydrogen (secondary N) is 1. The highest BCUT2D eigenvalue weighted by Gasteiger charge is 2.29. The Bertz CT molecular complexity index is 706. The van der Waals surface area contributed by atoms with E-state index in [2.05, 4.69) is 15.5 Å². The van der Waals surface area contributed by atoms with E-state index < -0.39 is 17.2 Å². The summed E-state index contributed by atoms with van der Waals surface area (Å²) in [6.07, 6.45) is -4.33. The molecule has 0 spiro atoms. The first kappa shape index (κ1) is 18.7. The predicted molar refractivity (Wildman–Crippen MR) is 89.0 cm³/mol. The maximum atomic E-state index is 12.5. The molecule has 0 unspecified atom stereocenters. The minimum absolute atomic E-state index is 0.155. The molecule has 1 N–H and O–H groups in total. The fourth-order valence-electron chi connectivity index (χ4n) is 1.54. The summed E-state index contributed by atoms with van der Waals surface area (Å²) in [4.78, 5) is 11.9. The fourth-order valence-corrected chi connectivity index (χ4v) is 3.24. The normalized spacial score (nSPS) is 12.2. The molecule has 4 nitrogen and oxygen atoms in total. The van der Waals surface area contributed by atoms with Crippen LogP contribution in [-0.2, 0) is 16.7 Å². The third-order valence-corrected chi connectivity index (χ3v) is 4.99. The van der Waals surface area contributed by atoms with E-state index in [1.807, 2.05) is 0 Å². The Morgan fingerprint density at radius 1 is 1.17 bits per heavy atom. The maximum Gasteiger partial charge on any atom is 0.416 e. The molecule has 2 rings (SSSR count). The second-order valence-corrected chi connectivity index (χ2v) is 8.26. The standard InChI is InChI=1S/C15H16F3N3OS2/c1-14(2,3)11(22)19-12-20-21-13(24-12)23-8-9-4-6-10(7-5-9)15(16,17)18/h4-7H,8H2,1-3H3,(H,19,20,22). The minimum atomic E-state index is -4.33. The second kappa shape index (κ2) is 7.10. The Morgan fingerprint density at radius 2 is 1.79 bits per heavy atom. The number of carbonyl (C=O) groups is 1. The molecule has 24 heavy (non-hydrogen) atoms. The molecule has 0 aliphatic heterocycles. The van der Waals surface area contributed by atoms with Gasteiger partial charge >= 0.3 is 6.18 Å². The molecule has 0 atom stereocenters. The average molecular weight is 375 g/mol. The Balaban J connectivity index is 1.92. The first-order chi connectivity index (χ1) is 11.1. The number of amides is 1. The number of rotatable bonds is 4. The molecule has 1 heterocycles. The lowest BCUT2D eigenvalue weighted by molar-refractivity contribution is -0.137. The van der Waals surface area contributed by atoms with Crippen molar-refractivity contribution in [3.8, 4) is 0 Å². The van der Waals surface area contributed by atoms with Crippen molar-refractivity contribution in [2.75, 3.05) is 5.32 Å². The number of nitrogens with zero attached hydrogens (tertiary/aromatic N) is 2. The monoisotopic (exact) mass is 375 g/mol.